The summed E-state index contributed by atoms with van der Waals surface area (Å²) in [5.74, 6) is 0. The van der Waals surface area contributed by atoms with Crippen molar-refractivity contribution in [2.75, 3.05) is 26.7 Å². The smallest absolute Gasteiger partial charge is 0.423 e. The van der Waals surface area contributed by atoms with Crippen molar-refractivity contribution < 1.29 is 14.8 Å². The normalized spacial score (nSPS) is 22.1. The van der Waals surface area contributed by atoms with Gasteiger partial charge in [-0.1, -0.05) is 24.3 Å². The van der Waals surface area contributed by atoms with Crippen LogP contribution in [0.1, 0.15) is 11.7 Å². The summed E-state index contributed by atoms with van der Waals surface area (Å²) in [4.78, 5) is 2.20. The quantitative estimate of drug-likeness (QED) is 0.653. The van der Waals surface area contributed by atoms with Crippen molar-refractivity contribution in [3.05, 3.63) is 29.8 Å². The predicted molar refractivity (Wildman–Crippen MR) is 62.5 cm³/mol. The minimum absolute atomic E-state index is 0.0254. The molecule has 2 rings (SSSR count). The summed E-state index contributed by atoms with van der Waals surface area (Å²) in [6, 6.07) is 7.26. The molecule has 1 saturated heterocycles. The third kappa shape index (κ3) is 2.62. The van der Waals surface area contributed by atoms with Crippen LogP contribution >= 0.6 is 0 Å². The molecular weight excluding hydrogens is 205 g/mol. The van der Waals surface area contributed by atoms with E-state index in [1.54, 1.807) is 12.1 Å². The Labute approximate surface area is 95.6 Å². The minimum Gasteiger partial charge on any atom is -0.423 e. The molecule has 0 spiro atoms. The predicted octanol–water partition coefficient (Wildman–Crippen LogP) is -0.631. The van der Waals surface area contributed by atoms with Crippen LogP contribution in [0.4, 0.5) is 0 Å². The summed E-state index contributed by atoms with van der Waals surface area (Å²) < 4.78 is 5.66. The van der Waals surface area contributed by atoms with E-state index in [1.165, 1.54) is 0 Å². The van der Waals surface area contributed by atoms with Gasteiger partial charge in [0.15, 0.2) is 0 Å². The Morgan fingerprint density at radius 3 is 2.94 bits per heavy atom. The maximum Gasteiger partial charge on any atom is 0.488 e. The van der Waals surface area contributed by atoms with Crippen molar-refractivity contribution in [3.63, 3.8) is 0 Å². The van der Waals surface area contributed by atoms with E-state index < -0.39 is 7.12 Å². The highest BCUT2D eigenvalue weighted by molar-refractivity contribution is 6.58. The van der Waals surface area contributed by atoms with Gasteiger partial charge in [0.25, 0.3) is 0 Å². The molecule has 1 atom stereocenters. The highest BCUT2D eigenvalue weighted by Gasteiger charge is 2.20. The number of likely N-dealkylation sites (N-methyl/N-ethyl adjacent to an activating group) is 1. The molecule has 1 unspecified atom stereocenters. The van der Waals surface area contributed by atoms with Crippen molar-refractivity contribution in [2.45, 2.75) is 6.10 Å². The van der Waals surface area contributed by atoms with Crippen LogP contribution in [0.5, 0.6) is 0 Å². The molecule has 0 aliphatic carbocycles. The average Bonchev–Trinajstić information content (AvgIpc) is 2.29. The third-order valence-electron chi connectivity index (χ3n) is 2.85. The Morgan fingerprint density at radius 2 is 2.25 bits per heavy atom. The highest BCUT2D eigenvalue weighted by Crippen LogP contribution is 2.20. The second-order valence-electron chi connectivity index (χ2n) is 4.17. The van der Waals surface area contributed by atoms with Gasteiger partial charge < -0.3 is 19.7 Å². The lowest BCUT2D eigenvalue weighted by atomic mass is 9.79. The molecule has 2 N–H and O–H groups in total. The summed E-state index contributed by atoms with van der Waals surface area (Å²) in [7, 11) is 0.640. The molecule has 86 valence electrons. The fourth-order valence-corrected chi connectivity index (χ4v) is 1.90. The number of nitrogens with zero attached hydrogens (tertiary/aromatic N) is 1. The zero-order valence-electron chi connectivity index (χ0n) is 9.34. The van der Waals surface area contributed by atoms with Gasteiger partial charge in [0.1, 0.15) is 0 Å². The van der Waals surface area contributed by atoms with Gasteiger partial charge in [-0.2, -0.15) is 0 Å². The van der Waals surface area contributed by atoms with Crippen molar-refractivity contribution in [1.82, 2.24) is 4.90 Å². The first-order valence-electron chi connectivity index (χ1n) is 5.43. The molecule has 1 aliphatic heterocycles. The lowest BCUT2D eigenvalue weighted by Gasteiger charge is -2.30. The molecule has 5 heteroatoms. The van der Waals surface area contributed by atoms with Crippen LogP contribution in [0.3, 0.4) is 0 Å². The maximum atomic E-state index is 9.10. The zero-order valence-corrected chi connectivity index (χ0v) is 9.34. The van der Waals surface area contributed by atoms with E-state index in [4.69, 9.17) is 14.8 Å². The first-order valence-corrected chi connectivity index (χ1v) is 5.43. The monoisotopic (exact) mass is 221 g/mol. The molecule has 1 aromatic rings. The van der Waals surface area contributed by atoms with Gasteiger partial charge in [0, 0.05) is 13.1 Å². The van der Waals surface area contributed by atoms with E-state index in [1.807, 2.05) is 12.1 Å². The number of morpholine rings is 1. The number of benzene rings is 1. The number of hydrogen-bond donors (Lipinski definition) is 2. The van der Waals surface area contributed by atoms with Crippen LogP contribution in [-0.4, -0.2) is 48.8 Å². The minimum atomic E-state index is -1.42. The number of ether oxygens (including phenoxy) is 1. The summed E-state index contributed by atoms with van der Waals surface area (Å²) >= 11 is 0. The molecule has 0 aromatic heterocycles. The van der Waals surface area contributed by atoms with Gasteiger partial charge in [-0.25, -0.2) is 0 Å². The van der Waals surface area contributed by atoms with E-state index in [0.29, 0.717) is 12.1 Å². The third-order valence-corrected chi connectivity index (χ3v) is 2.85. The van der Waals surface area contributed by atoms with Gasteiger partial charge in [-0.05, 0) is 18.1 Å². The summed E-state index contributed by atoms with van der Waals surface area (Å²) in [5, 5.41) is 18.2. The SMILES string of the molecule is CN1CCOC(c2cccc(B(O)O)c2)C1. The van der Waals surface area contributed by atoms with E-state index in [2.05, 4.69) is 11.9 Å². The molecule has 0 saturated carbocycles. The van der Waals surface area contributed by atoms with E-state index in [0.717, 1.165) is 18.7 Å². The van der Waals surface area contributed by atoms with Gasteiger partial charge in [-0.3, -0.25) is 0 Å². The van der Waals surface area contributed by atoms with E-state index in [-0.39, 0.29) is 6.10 Å². The van der Waals surface area contributed by atoms with Crippen molar-refractivity contribution in [2.24, 2.45) is 0 Å². The molecule has 0 radical (unpaired) electrons. The summed E-state index contributed by atoms with van der Waals surface area (Å²) in [5.41, 5.74) is 1.51. The van der Waals surface area contributed by atoms with Crippen LogP contribution < -0.4 is 5.46 Å². The van der Waals surface area contributed by atoms with Gasteiger partial charge in [-0.15, -0.1) is 0 Å². The Morgan fingerprint density at radius 1 is 1.44 bits per heavy atom. The maximum absolute atomic E-state index is 9.10. The van der Waals surface area contributed by atoms with Crippen LogP contribution in [-0.2, 0) is 4.74 Å². The fraction of sp³-hybridized carbons (Fsp3) is 0.455. The standard InChI is InChI=1S/C11H16BNO3/c1-13-5-6-16-11(8-13)9-3-2-4-10(7-9)12(14)15/h2-4,7,11,14-15H,5-6,8H2,1H3. The first-order chi connectivity index (χ1) is 7.66. The molecule has 1 heterocycles. The second-order valence-corrected chi connectivity index (χ2v) is 4.17. The van der Waals surface area contributed by atoms with Crippen LogP contribution in [0.2, 0.25) is 0 Å². The molecule has 1 fully saturated rings. The van der Waals surface area contributed by atoms with E-state index >= 15 is 0 Å². The average molecular weight is 221 g/mol. The Kier molecular flexibility index (Phi) is 3.61. The molecule has 0 bridgehead atoms. The number of rotatable bonds is 2. The fourth-order valence-electron chi connectivity index (χ4n) is 1.90. The molecule has 1 aromatic carbocycles. The molecular formula is C11H16BNO3. The lowest BCUT2D eigenvalue weighted by molar-refractivity contribution is -0.0208. The Hall–Kier alpha value is -0.875. The Bertz CT molecular complexity index is 359. The molecule has 4 nitrogen and oxygen atoms in total. The summed E-state index contributed by atoms with van der Waals surface area (Å²) in [6.45, 7) is 2.50. The highest BCUT2D eigenvalue weighted by atomic mass is 16.5. The van der Waals surface area contributed by atoms with Gasteiger partial charge in [0.2, 0.25) is 0 Å². The zero-order chi connectivity index (χ0) is 11.5. The first kappa shape index (κ1) is 11.6. The van der Waals surface area contributed by atoms with E-state index in [9.17, 15) is 0 Å². The molecule has 16 heavy (non-hydrogen) atoms. The van der Waals surface area contributed by atoms with Crippen LogP contribution in [0.15, 0.2) is 24.3 Å². The van der Waals surface area contributed by atoms with Gasteiger partial charge in [0.05, 0.1) is 12.7 Å². The number of hydrogen-bond acceptors (Lipinski definition) is 4. The van der Waals surface area contributed by atoms with Crippen molar-refractivity contribution >= 4 is 12.6 Å². The van der Waals surface area contributed by atoms with Gasteiger partial charge >= 0.3 is 7.12 Å². The molecule has 1 aliphatic rings. The summed E-state index contributed by atoms with van der Waals surface area (Å²) in [6.07, 6.45) is 0.0254. The van der Waals surface area contributed by atoms with Crippen molar-refractivity contribution in [3.8, 4) is 0 Å². The molecule has 0 amide bonds. The van der Waals surface area contributed by atoms with Crippen LogP contribution in [0, 0.1) is 0 Å². The lowest BCUT2D eigenvalue weighted by Crippen LogP contribution is -2.36. The topological polar surface area (TPSA) is 52.9 Å². The van der Waals surface area contributed by atoms with Crippen LogP contribution in [0.25, 0.3) is 0 Å². The Balaban J connectivity index is 2.16. The van der Waals surface area contributed by atoms with Crippen molar-refractivity contribution in [1.29, 1.82) is 0 Å². The second kappa shape index (κ2) is 4.97. The largest absolute Gasteiger partial charge is 0.488 e.